The van der Waals surface area contributed by atoms with Gasteiger partial charge in [0.1, 0.15) is 0 Å². The van der Waals surface area contributed by atoms with E-state index in [9.17, 15) is 4.79 Å². The van der Waals surface area contributed by atoms with E-state index in [1.54, 1.807) is 0 Å². The van der Waals surface area contributed by atoms with E-state index >= 15 is 0 Å². The summed E-state index contributed by atoms with van der Waals surface area (Å²) in [6.45, 7) is 4.42. The second-order valence-electron chi connectivity index (χ2n) is 4.75. The van der Waals surface area contributed by atoms with Crippen molar-refractivity contribution in [3.05, 3.63) is 0 Å². The van der Waals surface area contributed by atoms with Crippen LogP contribution in [-0.2, 0) is 4.79 Å². The molecular weight excluding hydrogens is 216 g/mol. The number of piperidine rings is 1. The summed E-state index contributed by atoms with van der Waals surface area (Å²) in [5.74, 6) is 1.20. The minimum absolute atomic E-state index is 0.276. The van der Waals surface area contributed by atoms with Gasteiger partial charge < -0.3 is 15.1 Å². The summed E-state index contributed by atoms with van der Waals surface area (Å²) >= 11 is 0. The van der Waals surface area contributed by atoms with Crippen LogP contribution < -0.4 is 5.32 Å². The summed E-state index contributed by atoms with van der Waals surface area (Å²) in [6.07, 6.45) is 4.17. The maximum Gasteiger partial charge on any atom is 0.224 e. The Hall–Kier alpha value is -1.26. The van der Waals surface area contributed by atoms with E-state index in [0.29, 0.717) is 13.0 Å². The van der Waals surface area contributed by atoms with E-state index in [4.69, 9.17) is 0 Å². The van der Waals surface area contributed by atoms with Crippen LogP contribution in [0.15, 0.2) is 4.99 Å². The first kappa shape index (κ1) is 12.2. The minimum atomic E-state index is 0.276. The average molecular weight is 238 g/mol. The first-order chi connectivity index (χ1) is 8.27. The molecule has 0 unspecified atom stereocenters. The number of amides is 1. The van der Waals surface area contributed by atoms with Gasteiger partial charge in [-0.15, -0.1) is 0 Å². The Morgan fingerprint density at radius 1 is 1.29 bits per heavy atom. The number of hydrogen-bond acceptors (Lipinski definition) is 4. The van der Waals surface area contributed by atoms with E-state index in [1.807, 2.05) is 11.9 Å². The highest BCUT2D eigenvalue weighted by Gasteiger charge is 2.17. The van der Waals surface area contributed by atoms with Gasteiger partial charge in [-0.05, 0) is 19.3 Å². The number of likely N-dealkylation sites (tertiary alicyclic amines) is 1. The smallest absolute Gasteiger partial charge is 0.224 e. The molecule has 1 fully saturated rings. The van der Waals surface area contributed by atoms with Crippen LogP contribution in [0.3, 0.4) is 0 Å². The molecule has 0 saturated carbocycles. The van der Waals surface area contributed by atoms with Crippen molar-refractivity contribution in [3.63, 3.8) is 0 Å². The number of carbonyl (C=O) groups is 1. The van der Waals surface area contributed by atoms with E-state index in [1.165, 1.54) is 6.42 Å². The molecule has 5 heteroatoms. The molecular formula is C12H22N4O. The third-order valence-corrected chi connectivity index (χ3v) is 3.39. The monoisotopic (exact) mass is 238 g/mol. The van der Waals surface area contributed by atoms with Crippen molar-refractivity contribution in [2.75, 3.05) is 39.8 Å². The van der Waals surface area contributed by atoms with Crippen molar-refractivity contribution in [3.8, 4) is 0 Å². The quantitative estimate of drug-likeness (QED) is 0.768. The molecule has 0 aromatic carbocycles. The standard InChI is InChI=1S/C12H22N4O/c1-15-10-7-14-12(15)13-6-5-11(17)16-8-3-2-4-9-16/h2-10H2,1H3,(H,13,14). The molecule has 0 aromatic rings. The number of likely N-dealkylation sites (N-methyl/N-ethyl adjacent to an activating group) is 1. The van der Waals surface area contributed by atoms with Gasteiger partial charge in [-0.25, -0.2) is 0 Å². The van der Waals surface area contributed by atoms with Gasteiger partial charge in [-0.1, -0.05) is 0 Å². The Bertz CT molecular complexity index is 297. The van der Waals surface area contributed by atoms with Crippen LogP contribution >= 0.6 is 0 Å². The SMILES string of the molecule is CN1CCN=C1NCCC(=O)N1CCCCC1. The van der Waals surface area contributed by atoms with Crippen LogP contribution in [0, 0.1) is 0 Å². The third-order valence-electron chi connectivity index (χ3n) is 3.39. The predicted octanol–water partition coefficient (Wildman–Crippen LogP) is 0.280. The minimum Gasteiger partial charge on any atom is -0.356 e. The summed E-state index contributed by atoms with van der Waals surface area (Å²) in [6, 6.07) is 0. The lowest BCUT2D eigenvalue weighted by Gasteiger charge is -2.27. The number of rotatable bonds is 3. The molecule has 2 heterocycles. The number of nitrogens with one attached hydrogen (secondary N) is 1. The van der Waals surface area contributed by atoms with Gasteiger partial charge in [-0.3, -0.25) is 9.79 Å². The van der Waals surface area contributed by atoms with Crippen LogP contribution in [0.1, 0.15) is 25.7 Å². The molecule has 0 aromatic heterocycles. The molecule has 17 heavy (non-hydrogen) atoms. The van der Waals surface area contributed by atoms with Crippen molar-refractivity contribution >= 4 is 11.9 Å². The van der Waals surface area contributed by atoms with Gasteiger partial charge in [0.25, 0.3) is 0 Å². The molecule has 0 spiro atoms. The first-order valence-electron chi connectivity index (χ1n) is 6.54. The van der Waals surface area contributed by atoms with Gasteiger partial charge in [0, 0.05) is 39.6 Å². The lowest BCUT2D eigenvalue weighted by atomic mass is 10.1. The van der Waals surface area contributed by atoms with Crippen LogP contribution in [0.4, 0.5) is 0 Å². The summed E-state index contributed by atoms with van der Waals surface area (Å²) in [7, 11) is 2.02. The molecule has 0 atom stereocenters. The van der Waals surface area contributed by atoms with Crippen molar-refractivity contribution in [1.82, 2.24) is 15.1 Å². The van der Waals surface area contributed by atoms with Gasteiger partial charge in [0.05, 0.1) is 6.54 Å². The second kappa shape index (κ2) is 5.89. The zero-order valence-corrected chi connectivity index (χ0v) is 10.6. The highest BCUT2D eigenvalue weighted by molar-refractivity contribution is 5.82. The summed E-state index contributed by atoms with van der Waals surface area (Å²) in [5, 5.41) is 3.23. The number of hydrogen-bond donors (Lipinski definition) is 1. The summed E-state index contributed by atoms with van der Waals surface area (Å²) in [4.78, 5) is 20.3. The Balaban J connectivity index is 1.65. The number of guanidine groups is 1. The molecule has 0 radical (unpaired) electrons. The van der Waals surface area contributed by atoms with E-state index in [0.717, 1.165) is 45.0 Å². The highest BCUT2D eigenvalue weighted by Crippen LogP contribution is 2.09. The van der Waals surface area contributed by atoms with Crippen LogP contribution in [0.25, 0.3) is 0 Å². The maximum absolute atomic E-state index is 11.9. The van der Waals surface area contributed by atoms with Gasteiger partial charge in [0.2, 0.25) is 5.91 Å². The van der Waals surface area contributed by atoms with Crippen molar-refractivity contribution < 1.29 is 4.79 Å². The topological polar surface area (TPSA) is 47.9 Å². The molecule has 1 N–H and O–H groups in total. The van der Waals surface area contributed by atoms with E-state index in [-0.39, 0.29) is 5.91 Å². The number of nitrogens with zero attached hydrogens (tertiary/aromatic N) is 3. The largest absolute Gasteiger partial charge is 0.356 e. The normalized spacial score (nSPS) is 20.4. The van der Waals surface area contributed by atoms with Crippen LogP contribution in [0.2, 0.25) is 0 Å². The summed E-state index contributed by atoms with van der Waals surface area (Å²) in [5.41, 5.74) is 0. The predicted molar refractivity (Wildman–Crippen MR) is 68.0 cm³/mol. The van der Waals surface area contributed by atoms with Gasteiger partial charge >= 0.3 is 0 Å². The first-order valence-corrected chi connectivity index (χ1v) is 6.54. The lowest BCUT2D eigenvalue weighted by molar-refractivity contribution is -0.131. The summed E-state index contributed by atoms with van der Waals surface area (Å²) < 4.78 is 0. The molecule has 96 valence electrons. The Labute approximate surface area is 103 Å². The Morgan fingerprint density at radius 2 is 2.06 bits per heavy atom. The van der Waals surface area contributed by atoms with Crippen molar-refractivity contribution in [2.24, 2.45) is 4.99 Å². The van der Waals surface area contributed by atoms with Gasteiger partial charge in [0.15, 0.2) is 5.96 Å². The molecule has 2 aliphatic rings. The molecule has 1 amide bonds. The van der Waals surface area contributed by atoms with Crippen LogP contribution in [0.5, 0.6) is 0 Å². The molecule has 1 saturated heterocycles. The molecule has 0 aliphatic carbocycles. The Morgan fingerprint density at radius 3 is 2.71 bits per heavy atom. The zero-order chi connectivity index (χ0) is 12.1. The van der Waals surface area contributed by atoms with Crippen LogP contribution in [-0.4, -0.2) is 61.4 Å². The highest BCUT2D eigenvalue weighted by atomic mass is 16.2. The Kier molecular flexibility index (Phi) is 4.23. The van der Waals surface area contributed by atoms with E-state index < -0.39 is 0 Å². The molecule has 2 rings (SSSR count). The fourth-order valence-corrected chi connectivity index (χ4v) is 2.31. The number of carbonyl (C=O) groups excluding carboxylic acids is 1. The molecule has 2 aliphatic heterocycles. The van der Waals surface area contributed by atoms with E-state index in [2.05, 4.69) is 15.2 Å². The maximum atomic E-state index is 11.9. The molecule has 5 nitrogen and oxygen atoms in total. The third kappa shape index (κ3) is 3.35. The second-order valence-corrected chi connectivity index (χ2v) is 4.75. The lowest BCUT2D eigenvalue weighted by Crippen LogP contribution is -2.40. The van der Waals surface area contributed by atoms with Crippen molar-refractivity contribution in [1.29, 1.82) is 0 Å². The number of aliphatic imine (C=N–C) groups is 1. The van der Waals surface area contributed by atoms with Crippen molar-refractivity contribution in [2.45, 2.75) is 25.7 Å². The van der Waals surface area contributed by atoms with Gasteiger partial charge in [-0.2, -0.15) is 0 Å². The zero-order valence-electron chi connectivity index (χ0n) is 10.6. The molecule has 0 bridgehead atoms. The fourth-order valence-electron chi connectivity index (χ4n) is 2.31. The fraction of sp³-hybridized carbons (Fsp3) is 0.833. The average Bonchev–Trinajstić information content (AvgIpc) is 2.76.